The van der Waals surface area contributed by atoms with Crippen LogP contribution in [0.3, 0.4) is 0 Å². The third kappa shape index (κ3) is 2.45. The van der Waals surface area contributed by atoms with Gasteiger partial charge in [0, 0.05) is 12.3 Å². The fourth-order valence-electron chi connectivity index (χ4n) is 2.11. The summed E-state index contributed by atoms with van der Waals surface area (Å²) < 4.78 is 36.9. The van der Waals surface area contributed by atoms with Crippen molar-refractivity contribution >= 4 is 27.2 Å². The zero-order chi connectivity index (χ0) is 15.1. The summed E-state index contributed by atoms with van der Waals surface area (Å²) in [4.78, 5) is 24.6. The van der Waals surface area contributed by atoms with E-state index in [0.29, 0.717) is 5.56 Å². The van der Waals surface area contributed by atoms with E-state index in [2.05, 4.69) is 0 Å². The molecule has 0 aromatic heterocycles. The van der Waals surface area contributed by atoms with E-state index >= 15 is 0 Å². The van der Waals surface area contributed by atoms with Gasteiger partial charge in [0.05, 0.1) is 17.0 Å². The average molecular weight is 299 g/mol. The van der Waals surface area contributed by atoms with Gasteiger partial charge in [0.15, 0.2) is 9.84 Å². The molecule has 2 rings (SSSR count). The lowest BCUT2D eigenvalue weighted by Crippen LogP contribution is -2.34. The fraction of sp³-hybridized carbons (Fsp3) is 0.385. The maximum Gasteiger partial charge on any atom is 0.299 e. The molecule has 1 amide bonds. The number of Topliss-reactive ketones (excluding diaryl/α,β-unsaturated/α-hetero) is 1. The van der Waals surface area contributed by atoms with Gasteiger partial charge in [0.25, 0.3) is 11.7 Å². The Hall–Kier alpha value is -1.76. The highest BCUT2D eigenvalue weighted by Crippen LogP contribution is 2.32. The van der Waals surface area contributed by atoms with Crippen LogP contribution in [0.5, 0.6) is 0 Å². The van der Waals surface area contributed by atoms with Gasteiger partial charge in [-0.1, -0.05) is 6.92 Å². The highest BCUT2D eigenvalue weighted by Gasteiger charge is 2.38. The molecule has 0 N–H and O–H groups in total. The summed E-state index contributed by atoms with van der Waals surface area (Å²) in [5.41, 5.74) is 0.420. The quantitative estimate of drug-likeness (QED) is 0.781. The number of hydrogen-bond acceptors (Lipinski definition) is 4. The average Bonchev–Trinajstić information content (AvgIpc) is 2.61. The number of nitrogens with zero attached hydrogens (tertiary/aromatic N) is 1. The number of halogens is 1. The number of aryl methyl sites for hydroxylation is 1. The summed E-state index contributed by atoms with van der Waals surface area (Å²) in [6.07, 6.45) is 0. The van der Waals surface area contributed by atoms with Gasteiger partial charge in [-0.05, 0) is 24.6 Å². The number of amides is 1. The minimum Gasteiger partial charge on any atom is -0.301 e. The predicted molar refractivity (Wildman–Crippen MR) is 72.1 cm³/mol. The topological polar surface area (TPSA) is 71.5 Å². The van der Waals surface area contributed by atoms with Crippen LogP contribution in [0, 0.1) is 12.7 Å². The monoisotopic (exact) mass is 299 g/mol. The Labute approximate surface area is 116 Å². The van der Waals surface area contributed by atoms with E-state index in [9.17, 15) is 22.4 Å². The van der Waals surface area contributed by atoms with Crippen LogP contribution < -0.4 is 4.90 Å². The van der Waals surface area contributed by atoms with Crippen molar-refractivity contribution in [3.8, 4) is 0 Å². The molecule has 0 radical (unpaired) electrons. The maximum absolute atomic E-state index is 14.0. The minimum atomic E-state index is -3.30. The van der Waals surface area contributed by atoms with Crippen LogP contribution in [0.15, 0.2) is 12.1 Å². The molecular formula is C13H14FNO4S. The molecule has 1 heterocycles. The van der Waals surface area contributed by atoms with Crippen molar-refractivity contribution in [3.05, 3.63) is 29.1 Å². The van der Waals surface area contributed by atoms with Crippen molar-refractivity contribution in [2.24, 2.45) is 0 Å². The molecule has 0 aliphatic carbocycles. The molecule has 1 aromatic carbocycles. The van der Waals surface area contributed by atoms with Crippen LogP contribution in [0.4, 0.5) is 10.1 Å². The summed E-state index contributed by atoms with van der Waals surface area (Å²) in [7, 11) is -3.30. The first kappa shape index (κ1) is 14.6. The first-order valence-electron chi connectivity index (χ1n) is 6.13. The van der Waals surface area contributed by atoms with Gasteiger partial charge in [-0.15, -0.1) is 0 Å². The van der Waals surface area contributed by atoms with E-state index in [-0.39, 0.29) is 29.3 Å². The molecule has 1 aliphatic rings. The van der Waals surface area contributed by atoms with Gasteiger partial charge >= 0.3 is 0 Å². The molecule has 0 atom stereocenters. The lowest BCUT2D eigenvalue weighted by molar-refractivity contribution is -0.114. The van der Waals surface area contributed by atoms with Crippen LogP contribution in [-0.2, 0) is 14.6 Å². The summed E-state index contributed by atoms with van der Waals surface area (Å²) in [6, 6.07) is 2.65. The SMILES string of the molecule is CCS(=O)(=O)CCN1C(=O)C(=O)c2cc(C)cc(F)c21. The van der Waals surface area contributed by atoms with Gasteiger partial charge in [-0.2, -0.15) is 0 Å². The van der Waals surface area contributed by atoms with Crippen molar-refractivity contribution in [1.82, 2.24) is 0 Å². The van der Waals surface area contributed by atoms with Gasteiger partial charge < -0.3 is 4.90 Å². The molecule has 0 spiro atoms. The number of carbonyl (C=O) groups is 2. The lowest BCUT2D eigenvalue weighted by Gasteiger charge is -2.17. The Bertz CT molecular complexity index is 697. The predicted octanol–water partition coefficient (Wildman–Crippen LogP) is 1.10. The Balaban J connectivity index is 2.39. The molecule has 5 nitrogen and oxygen atoms in total. The van der Waals surface area contributed by atoms with Crippen molar-refractivity contribution in [1.29, 1.82) is 0 Å². The standard InChI is InChI=1S/C13H14FNO4S/c1-3-20(18,19)5-4-15-11-9(12(16)13(15)17)6-8(2)7-10(11)14/h6-7H,3-5H2,1-2H3. The maximum atomic E-state index is 14.0. The molecule has 1 aliphatic heterocycles. The highest BCUT2D eigenvalue weighted by atomic mass is 32.2. The van der Waals surface area contributed by atoms with E-state index in [0.717, 1.165) is 4.90 Å². The molecule has 0 bridgehead atoms. The Morgan fingerprint density at radius 2 is 1.90 bits per heavy atom. The highest BCUT2D eigenvalue weighted by molar-refractivity contribution is 7.91. The second-order valence-corrected chi connectivity index (χ2v) is 7.14. The van der Waals surface area contributed by atoms with Gasteiger partial charge in [-0.3, -0.25) is 9.59 Å². The van der Waals surface area contributed by atoms with E-state index in [1.165, 1.54) is 19.1 Å². The summed E-state index contributed by atoms with van der Waals surface area (Å²) in [5.74, 6) is -2.72. The molecule has 0 saturated heterocycles. The van der Waals surface area contributed by atoms with E-state index in [1.807, 2.05) is 0 Å². The van der Waals surface area contributed by atoms with Crippen LogP contribution in [0.25, 0.3) is 0 Å². The number of fused-ring (bicyclic) bond motifs is 1. The number of ketones is 1. The largest absolute Gasteiger partial charge is 0.301 e. The number of anilines is 1. The van der Waals surface area contributed by atoms with Crippen molar-refractivity contribution < 1.29 is 22.4 Å². The second kappa shape index (κ2) is 4.97. The number of hydrogen-bond donors (Lipinski definition) is 0. The summed E-state index contributed by atoms with van der Waals surface area (Å²) in [6.45, 7) is 2.89. The van der Waals surface area contributed by atoms with Crippen molar-refractivity contribution in [2.75, 3.05) is 23.0 Å². The van der Waals surface area contributed by atoms with Crippen molar-refractivity contribution in [3.63, 3.8) is 0 Å². The van der Waals surface area contributed by atoms with Crippen LogP contribution >= 0.6 is 0 Å². The Morgan fingerprint density at radius 3 is 2.50 bits per heavy atom. The van der Waals surface area contributed by atoms with Crippen LogP contribution in [-0.4, -0.2) is 38.2 Å². The molecule has 0 unspecified atom stereocenters. The van der Waals surface area contributed by atoms with Gasteiger partial charge in [0.1, 0.15) is 5.82 Å². The third-order valence-electron chi connectivity index (χ3n) is 3.23. The number of rotatable bonds is 4. The molecular weight excluding hydrogens is 285 g/mol. The zero-order valence-corrected chi connectivity index (χ0v) is 12.0. The van der Waals surface area contributed by atoms with Crippen LogP contribution in [0.1, 0.15) is 22.8 Å². The van der Waals surface area contributed by atoms with Crippen LogP contribution in [0.2, 0.25) is 0 Å². The number of benzene rings is 1. The van der Waals surface area contributed by atoms with Crippen molar-refractivity contribution in [2.45, 2.75) is 13.8 Å². The molecule has 108 valence electrons. The second-order valence-electron chi connectivity index (χ2n) is 4.67. The van der Waals surface area contributed by atoms with Gasteiger partial charge in [-0.25, -0.2) is 12.8 Å². The Morgan fingerprint density at radius 1 is 1.25 bits per heavy atom. The lowest BCUT2D eigenvalue weighted by atomic mass is 10.1. The Kier molecular flexibility index (Phi) is 3.64. The smallest absolute Gasteiger partial charge is 0.299 e. The van der Waals surface area contributed by atoms with Gasteiger partial charge in [0.2, 0.25) is 0 Å². The molecule has 7 heteroatoms. The first-order valence-corrected chi connectivity index (χ1v) is 7.95. The first-order chi connectivity index (χ1) is 9.26. The zero-order valence-electron chi connectivity index (χ0n) is 11.1. The number of sulfone groups is 1. The summed E-state index contributed by atoms with van der Waals surface area (Å²) in [5, 5.41) is 0. The molecule has 20 heavy (non-hydrogen) atoms. The third-order valence-corrected chi connectivity index (χ3v) is 4.91. The summed E-state index contributed by atoms with van der Waals surface area (Å²) >= 11 is 0. The molecule has 0 saturated carbocycles. The van der Waals surface area contributed by atoms with E-state index in [4.69, 9.17) is 0 Å². The molecule has 1 aromatic rings. The fourth-order valence-corrected chi connectivity index (χ4v) is 2.86. The molecule has 0 fully saturated rings. The normalized spacial score (nSPS) is 14.8. The van der Waals surface area contributed by atoms with E-state index < -0.39 is 27.3 Å². The van der Waals surface area contributed by atoms with E-state index in [1.54, 1.807) is 6.92 Å². The minimum absolute atomic E-state index is 0.00129. The number of carbonyl (C=O) groups excluding carboxylic acids is 2.